The van der Waals surface area contributed by atoms with E-state index in [1.54, 1.807) is 20.8 Å². The first-order valence-corrected chi connectivity index (χ1v) is 7.77. The molecule has 0 saturated heterocycles. The molecule has 1 amide bonds. The molecule has 0 heterocycles. The lowest BCUT2D eigenvalue weighted by Crippen LogP contribution is -2.43. The van der Waals surface area contributed by atoms with Crippen LogP contribution < -0.4 is 4.90 Å². The minimum atomic E-state index is -5.19. The second kappa shape index (κ2) is 8.48. The van der Waals surface area contributed by atoms with Gasteiger partial charge in [-0.1, -0.05) is 0 Å². The highest BCUT2D eigenvalue weighted by Gasteiger charge is 2.44. The zero-order valence-electron chi connectivity index (χ0n) is 14.9. The molecule has 1 aromatic rings. The fraction of sp³-hybridized carbons (Fsp3) is 0.529. The summed E-state index contributed by atoms with van der Waals surface area (Å²) in [6.45, 7) is 4.39. The van der Waals surface area contributed by atoms with Gasteiger partial charge in [0.2, 0.25) is 0 Å². The predicted octanol–water partition coefficient (Wildman–Crippen LogP) is 3.71. The normalized spacial score (nSPS) is 12.0. The fourth-order valence-electron chi connectivity index (χ4n) is 2.09. The zero-order chi connectivity index (χ0) is 20.1. The van der Waals surface area contributed by atoms with E-state index in [2.05, 4.69) is 0 Å². The summed E-state index contributed by atoms with van der Waals surface area (Å²) in [6, 6.07) is 2.61. The second-order valence-corrected chi connectivity index (χ2v) is 6.46. The lowest BCUT2D eigenvalue weighted by Gasteiger charge is -2.27. The van der Waals surface area contributed by atoms with E-state index in [-0.39, 0.29) is 18.6 Å². The molecule has 1 aromatic carbocycles. The van der Waals surface area contributed by atoms with Gasteiger partial charge in [-0.05, 0) is 45.4 Å². The molecule has 0 radical (unpaired) electrons. The molecule has 0 atom stereocenters. The van der Waals surface area contributed by atoms with Crippen molar-refractivity contribution in [3.8, 4) is 0 Å². The van der Waals surface area contributed by atoms with Crippen molar-refractivity contribution >= 4 is 17.6 Å². The molecule has 0 N–H and O–H groups in total. The number of hydrogen-bond acceptors (Lipinski definition) is 4. The first kappa shape index (κ1) is 21.9. The Bertz CT molecular complexity index is 653. The summed E-state index contributed by atoms with van der Waals surface area (Å²) in [4.78, 5) is 24.4. The number of hydrogen-bond donors (Lipinski definition) is 0. The summed E-state index contributed by atoms with van der Waals surface area (Å²) < 4.78 is 62.5. The van der Waals surface area contributed by atoms with Gasteiger partial charge in [0.15, 0.2) is 0 Å². The molecule has 146 valence electrons. The Balaban J connectivity index is 3.37. The molecule has 5 nitrogen and oxygen atoms in total. The lowest BCUT2D eigenvalue weighted by molar-refractivity contribution is -0.170. The van der Waals surface area contributed by atoms with Gasteiger partial charge in [-0.15, -0.1) is 0 Å². The Morgan fingerprint density at radius 1 is 1.15 bits per heavy atom. The minimum absolute atomic E-state index is 0.0581. The van der Waals surface area contributed by atoms with Crippen molar-refractivity contribution in [2.75, 3.05) is 25.2 Å². The maximum atomic E-state index is 13.7. The van der Waals surface area contributed by atoms with E-state index in [4.69, 9.17) is 9.47 Å². The lowest BCUT2D eigenvalue weighted by atomic mass is 10.1. The van der Waals surface area contributed by atoms with E-state index < -0.39 is 41.7 Å². The van der Waals surface area contributed by atoms with Crippen molar-refractivity contribution in [3.63, 3.8) is 0 Å². The van der Waals surface area contributed by atoms with Crippen molar-refractivity contribution in [2.45, 2.75) is 39.0 Å². The topological polar surface area (TPSA) is 55.8 Å². The molecular weight excluding hydrogens is 358 g/mol. The van der Waals surface area contributed by atoms with Crippen molar-refractivity contribution in [2.24, 2.45) is 0 Å². The maximum absolute atomic E-state index is 13.7. The van der Waals surface area contributed by atoms with Gasteiger partial charge in [0.25, 0.3) is 0 Å². The Kier molecular flexibility index (Phi) is 7.14. The third-order valence-electron chi connectivity index (χ3n) is 3.09. The summed E-state index contributed by atoms with van der Waals surface area (Å²) >= 11 is 0. The number of rotatable bonds is 6. The Morgan fingerprint density at radius 3 is 2.27 bits per heavy atom. The van der Waals surface area contributed by atoms with Crippen LogP contribution in [0.2, 0.25) is 0 Å². The molecule has 0 bridgehead atoms. The third kappa shape index (κ3) is 6.29. The van der Waals surface area contributed by atoms with Gasteiger partial charge in [-0.25, -0.2) is 9.18 Å². The SMILES string of the molecule is COCCCN(C(=O)C(F)(F)F)c1cc(F)ccc1C(=O)OC(C)(C)C. The smallest absolute Gasteiger partial charge is 0.456 e. The molecule has 9 heteroatoms. The van der Waals surface area contributed by atoms with Crippen LogP contribution in [-0.4, -0.2) is 43.9 Å². The number of carbonyl (C=O) groups is 2. The minimum Gasteiger partial charge on any atom is -0.456 e. The molecule has 1 rings (SSSR count). The van der Waals surface area contributed by atoms with Gasteiger partial charge in [0.1, 0.15) is 11.4 Å². The van der Waals surface area contributed by atoms with Crippen molar-refractivity contribution in [1.29, 1.82) is 0 Å². The number of halogens is 4. The molecule has 0 unspecified atom stereocenters. The average molecular weight is 379 g/mol. The van der Waals surface area contributed by atoms with Crippen molar-refractivity contribution < 1.29 is 36.6 Å². The molecule has 0 aliphatic carbocycles. The van der Waals surface area contributed by atoms with Gasteiger partial charge in [-0.3, -0.25) is 4.79 Å². The summed E-state index contributed by atoms with van der Waals surface area (Å²) in [5, 5.41) is 0. The standard InChI is InChI=1S/C17H21F4NO4/c1-16(2,3)26-14(23)12-7-6-11(18)10-13(12)22(8-5-9-25-4)15(24)17(19,20)21/h6-7,10H,5,8-9H2,1-4H3. The van der Waals surface area contributed by atoms with Crippen LogP contribution in [0.4, 0.5) is 23.2 Å². The quantitative estimate of drug-likeness (QED) is 0.430. The van der Waals surface area contributed by atoms with Gasteiger partial charge in [0, 0.05) is 20.3 Å². The number of alkyl halides is 3. The van der Waals surface area contributed by atoms with Crippen LogP contribution in [0.3, 0.4) is 0 Å². The van der Waals surface area contributed by atoms with Crippen LogP contribution in [0.15, 0.2) is 18.2 Å². The van der Waals surface area contributed by atoms with Gasteiger partial charge >= 0.3 is 18.1 Å². The van der Waals surface area contributed by atoms with E-state index in [1.807, 2.05) is 0 Å². The Morgan fingerprint density at radius 2 is 1.77 bits per heavy atom. The van der Waals surface area contributed by atoms with Crippen molar-refractivity contribution in [3.05, 3.63) is 29.6 Å². The van der Waals surface area contributed by atoms with Gasteiger partial charge in [0.05, 0.1) is 11.3 Å². The number of esters is 1. The summed E-state index contributed by atoms with van der Waals surface area (Å²) in [7, 11) is 1.35. The molecule has 0 fully saturated rings. The number of nitrogens with zero attached hydrogens (tertiary/aromatic N) is 1. The van der Waals surface area contributed by atoms with E-state index >= 15 is 0 Å². The first-order valence-electron chi connectivity index (χ1n) is 7.77. The number of benzene rings is 1. The maximum Gasteiger partial charge on any atom is 0.471 e. The number of methoxy groups -OCH3 is 1. The first-order chi connectivity index (χ1) is 11.9. The van der Waals surface area contributed by atoms with E-state index in [9.17, 15) is 27.2 Å². The van der Waals surface area contributed by atoms with Crippen LogP contribution in [0.5, 0.6) is 0 Å². The third-order valence-corrected chi connectivity index (χ3v) is 3.09. The second-order valence-electron chi connectivity index (χ2n) is 6.46. The number of amides is 1. The molecule has 0 spiro atoms. The zero-order valence-corrected chi connectivity index (χ0v) is 14.9. The summed E-state index contributed by atoms with van der Waals surface area (Å²) in [5.41, 5.74) is -1.76. The van der Waals surface area contributed by atoms with Crippen LogP contribution in [0.25, 0.3) is 0 Å². The molecule has 0 aliphatic heterocycles. The highest BCUT2D eigenvalue weighted by atomic mass is 19.4. The van der Waals surface area contributed by atoms with Crippen LogP contribution in [-0.2, 0) is 14.3 Å². The van der Waals surface area contributed by atoms with E-state index in [1.165, 1.54) is 7.11 Å². The van der Waals surface area contributed by atoms with Crippen LogP contribution >= 0.6 is 0 Å². The largest absolute Gasteiger partial charge is 0.471 e. The monoisotopic (exact) mass is 379 g/mol. The molecule has 0 aromatic heterocycles. The van der Waals surface area contributed by atoms with E-state index in [0.717, 1.165) is 12.1 Å². The summed E-state index contributed by atoms with van der Waals surface area (Å²) in [5.74, 6) is -4.05. The number of anilines is 1. The van der Waals surface area contributed by atoms with Gasteiger partial charge in [-0.2, -0.15) is 13.2 Å². The number of ether oxygens (including phenoxy) is 2. The van der Waals surface area contributed by atoms with E-state index in [0.29, 0.717) is 11.0 Å². The number of carbonyl (C=O) groups excluding carboxylic acids is 2. The van der Waals surface area contributed by atoms with Gasteiger partial charge < -0.3 is 14.4 Å². The molecule has 0 aliphatic rings. The Hall–Kier alpha value is -2.16. The highest BCUT2D eigenvalue weighted by molar-refractivity contribution is 6.04. The highest BCUT2D eigenvalue weighted by Crippen LogP contribution is 2.29. The Labute approximate surface area is 148 Å². The molecule has 26 heavy (non-hydrogen) atoms. The molecular formula is C17H21F4NO4. The van der Waals surface area contributed by atoms with Crippen molar-refractivity contribution in [1.82, 2.24) is 0 Å². The van der Waals surface area contributed by atoms with Crippen LogP contribution in [0, 0.1) is 5.82 Å². The predicted molar refractivity (Wildman–Crippen MR) is 86.5 cm³/mol. The fourth-order valence-corrected chi connectivity index (χ4v) is 2.09. The molecule has 0 saturated carbocycles. The average Bonchev–Trinajstić information content (AvgIpc) is 2.48. The van der Waals surface area contributed by atoms with Crippen LogP contribution in [0.1, 0.15) is 37.6 Å². The summed E-state index contributed by atoms with van der Waals surface area (Å²) in [6.07, 6.45) is -5.13.